The summed E-state index contributed by atoms with van der Waals surface area (Å²) in [4.78, 5) is 25.6. The van der Waals surface area contributed by atoms with Crippen LogP contribution in [0.3, 0.4) is 0 Å². The molecule has 116 valence electrons. The molecule has 1 heterocycles. The molecular formula is C15H28N2O3. The zero-order chi connectivity index (χ0) is 14.8. The first-order chi connectivity index (χ1) is 9.69. The number of methoxy groups -OCH3 is 1. The third kappa shape index (κ3) is 5.90. The molecule has 1 fully saturated rings. The summed E-state index contributed by atoms with van der Waals surface area (Å²) in [5, 5.41) is 0. The third-order valence-electron chi connectivity index (χ3n) is 3.92. The molecule has 0 saturated carbocycles. The summed E-state index contributed by atoms with van der Waals surface area (Å²) in [6, 6.07) is 0.0349. The van der Waals surface area contributed by atoms with Crippen LogP contribution in [0.2, 0.25) is 0 Å². The molecule has 5 nitrogen and oxygen atoms in total. The number of ether oxygens (including phenoxy) is 1. The fourth-order valence-electron chi connectivity index (χ4n) is 2.73. The van der Waals surface area contributed by atoms with Gasteiger partial charge in [0.25, 0.3) is 0 Å². The molecule has 1 unspecified atom stereocenters. The molecule has 1 rings (SSSR count). The molecule has 1 aliphatic heterocycles. The van der Waals surface area contributed by atoms with Gasteiger partial charge in [-0.15, -0.1) is 0 Å². The van der Waals surface area contributed by atoms with E-state index in [0.717, 1.165) is 58.0 Å². The van der Waals surface area contributed by atoms with Crippen molar-refractivity contribution >= 4 is 11.9 Å². The van der Waals surface area contributed by atoms with E-state index in [9.17, 15) is 9.59 Å². The van der Waals surface area contributed by atoms with Crippen LogP contribution in [0.1, 0.15) is 57.8 Å². The normalized spacial score (nSPS) is 18.9. The molecule has 0 radical (unpaired) electrons. The molecule has 0 aromatic carbocycles. The van der Waals surface area contributed by atoms with Gasteiger partial charge in [-0.1, -0.05) is 12.8 Å². The minimum absolute atomic E-state index is 0.0349. The number of carbonyl (C=O) groups is 2. The fourth-order valence-corrected chi connectivity index (χ4v) is 2.73. The lowest BCUT2D eigenvalue weighted by Crippen LogP contribution is -2.44. The van der Waals surface area contributed by atoms with Crippen molar-refractivity contribution in [3.8, 4) is 0 Å². The molecule has 0 bridgehead atoms. The standard InChI is InChI=1S/C15H28N2O3/c1-20-15(19)12-13-8-5-7-11-17(13)14(18)9-4-2-3-6-10-16/h13H,2-12,16H2,1H3. The minimum atomic E-state index is -0.224. The summed E-state index contributed by atoms with van der Waals surface area (Å²) < 4.78 is 4.72. The molecule has 1 amide bonds. The van der Waals surface area contributed by atoms with Gasteiger partial charge < -0.3 is 15.4 Å². The van der Waals surface area contributed by atoms with Gasteiger partial charge in [0.1, 0.15) is 0 Å². The smallest absolute Gasteiger partial charge is 0.307 e. The summed E-state index contributed by atoms with van der Waals surface area (Å²) in [6.07, 6.45) is 8.04. The number of nitrogens with two attached hydrogens (primary N) is 1. The van der Waals surface area contributed by atoms with Crippen molar-refractivity contribution in [1.82, 2.24) is 4.90 Å². The highest BCUT2D eigenvalue weighted by molar-refractivity contribution is 5.78. The van der Waals surface area contributed by atoms with Crippen molar-refractivity contribution < 1.29 is 14.3 Å². The Morgan fingerprint density at radius 3 is 2.65 bits per heavy atom. The quantitative estimate of drug-likeness (QED) is 0.545. The second kappa shape index (κ2) is 9.75. The van der Waals surface area contributed by atoms with Crippen molar-refractivity contribution in [3.63, 3.8) is 0 Å². The molecule has 1 atom stereocenters. The lowest BCUT2D eigenvalue weighted by molar-refractivity contribution is -0.144. The summed E-state index contributed by atoms with van der Waals surface area (Å²) in [6.45, 7) is 1.50. The van der Waals surface area contributed by atoms with Gasteiger partial charge in [0, 0.05) is 19.0 Å². The van der Waals surface area contributed by atoms with E-state index >= 15 is 0 Å². The van der Waals surface area contributed by atoms with E-state index < -0.39 is 0 Å². The first-order valence-corrected chi connectivity index (χ1v) is 7.75. The molecule has 0 aromatic heterocycles. The molecule has 0 aliphatic carbocycles. The van der Waals surface area contributed by atoms with Gasteiger partial charge in [-0.2, -0.15) is 0 Å². The predicted molar refractivity (Wildman–Crippen MR) is 78.1 cm³/mol. The number of hydrogen-bond donors (Lipinski definition) is 1. The number of hydrogen-bond acceptors (Lipinski definition) is 4. The third-order valence-corrected chi connectivity index (χ3v) is 3.92. The van der Waals surface area contributed by atoms with Crippen molar-refractivity contribution in [2.45, 2.75) is 63.8 Å². The van der Waals surface area contributed by atoms with Crippen molar-refractivity contribution in [2.24, 2.45) is 5.73 Å². The largest absolute Gasteiger partial charge is 0.469 e. The van der Waals surface area contributed by atoms with Crippen LogP contribution < -0.4 is 5.73 Å². The van der Waals surface area contributed by atoms with Crippen LogP contribution in [0.25, 0.3) is 0 Å². The summed E-state index contributed by atoms with van der Waals surface area (Å²) in [5.74, 6) is -0.0380. The highest BCUT2D eigenvalue weighted by Crippen LogP contribution is 2.21. The van der Waals surface area contributed by atoms with Gasteiger partial charge in [-0.3, -0.25) is 9.59 Å². The van der Waals surface area contributed by atoms with Crippen molar-refractivity contribution in [2.75, 3.05) is 20.2 Å². The Labute approximate surface area is 121 Å². The number of nitrogens with zero attached hydrogens (tertiary/aromatic N) is 1. The zero-order valence-corrected chi connectivity index (χ0v) is 12.6. The van der Waals surface area contributed by atoms with E-state index in [-0.39, 0.29) is 17.9 Å². The summed E-state index contributed by atoms with van der Waals surface area (Å²) in [7, 11) is 1.40. The van der Waals surface area contributed by atoms with Gasteiger partial charge in [-0.25, -0.2) is 0 Å². The molecule has 0 aromatic rings. The lowest BCUT2D eigenvalue weighted by Gasteiger charge is -2.35. The Balaban J connectivity index is 2.36. The van der Waals surface area contributed by atoms with E-state index in [0.29, 0.717) is 12.8 Å². The molecule has 0 spiro atoms. The second-order valence-electron chi connectivity index (χ2n) is 5.47. The number of esters is 1. The van der Waals surface area contributed by atoms with Crippen LogP contribution >= 0.6 is 0 Å². The first kappa shape index (κ1) is 17.0. The van der Waals surface area contributed by atoms with E-state index in [1.165, 1.54) is 7.11 Å². The van der Waals surface area contributed by atoms with E-state index in [4.69, 9.17) is 10.5 Å². The number of likely N-dealkylation sites (tertiary alicyclic amines) is 1. The molecular weight excluding hydrogens is 256 g/mol. The summed E-state index contributed by atoms with van der Waals surface area (Å²) in [5.41, 5.74) is 5.45. The van der Waals surface area contributed by atoms with Gasteiger partial charge in [0.2, 0.25) is 5.91 Å². The van der Waals surface area contributed by atoms with E-state index in [1.54, 1.807) is 0 Å². The average molecular weight is 284 g/mol. The van der Waals surface area contributed by atoms with Gasteiger partial charge in [0.15, 0.2) is 0 Å². The highest BCUT2D eigenvalue weighted by Gasteiger charge is 2.28. The average Bonchev–Trinajstić information content (AvgIpc) is 2.47. The Kier molecular flexibility index (Phi) is 8.26. The Morgan fingerprint density at radius 1 is 1.20 bits per heavy atom. The van der Waals surface area contributed by atoms with Crippen LogP contribution in [0, 0.1) is 0 Å². The topological polar surface area (TPSA) is 72.6 Å². The predicted octanol–water partition coefficient (Wildman–Crippen LogP) is 1.84. The number of unbranched alkanes of at least 4 members (excludes halogenated alkanes) is 3. The van der Waals surface area contributed by atoms with Gasteiger partial charge in [0.05, 0.1) is 13.5 Å². The Hall–Kier alpha value is -1.10. The minimum Gasteiger partial charge on any atom is -0.469 e. The Morgan fingerprint density at radius 2 is 1.95 bits per heavy atom. The molecule has 5 heteroatoms. The number of carbonyl (C=O) groups excluding carboxylic acids is 2. The first-order valence-electron chi connectivity index (χ1n) is 7.75. The van der Waals surface area contributed by atoms with E-state index in [1.807, 2.05) is 4.90 Å². The second-order valence-corrected chi connectivity index (χ2v) is 5.47. The van der Waals surface area contributed by atoms with Crippen molar-refractivity contribution in [1.29, 1.82) is 0 Å². The summed E-state index contributed by atoms with van der Waals surface area (Å²) >= 11 is 0. The van der Waals surface area contributed by atoms with Gasteiger partial charge >= 0.3 is 5.97 Å². The molecule has 1 saturated heterocycles. The van der Waals surface area contributed by atoms with Crippen LogP contribution in [-0.2, 0) is 14.3 Å². The maximum Gasteiger partial charge on any atom is 0.307 e. The maximum absolute atomic E-state index is 12.3. The van der Waals surface area contributed by atoms with Crippen LogP contribution in [0.15, 0.2) is 0 Å². The number of amides is 1. The Bertz CT molecular complexity index is 307. The van der Waals surface area contributed by atoms with Crippen molar-refractivity contribution in [3.05, 3.63) is 0 Å². The monoisotopic (exact) mass is 284 g/mol. The zero-order valence-electron chi connectivity index (χ0n) is 12.6. The van der Waals surface area contributed by atoms with Crippen LogP contribution in [0.5, 0.6) is 0 Å². The highest BCUT2D eigenvalue weighted by atomic mass is 16.5. The van der Waals surface area contributed by atoms with Crippen LogP contribution in [-0.4, -0.2) is 43.0 Å². The number of piperidine rings is 1. The molecule has 2 N–H and O–H groups in total. The van der Waals surface area contributed by atoms with Gasteiger partial charge in [-0.05, 0) is 38.6 Å². The molecule has 20 heavy (non-hydrogen) atoms. The lowest BCUT2D eigenvalue weighted by atomic mass is 9.98. The van der Waals surface area contributed by atoms with E-state index in [2.05, 4.69) is 0 Å². The fraction of sp³-hybridized carbons (Fsp3) is 0.867. The SMILES string of the molecule is COC(=O)CC1CCCCN1C(=O)CCCCCCN. The van der Waals surface area contributed by atoms with Crippen LogP contribution in [0.4, 0.5) is 0 Å². The molecule has 1 aliphatic rings. The maximum atomic E-state index is 12.3. The number of rotatable bonds is 8.